The fraction of sp³-hybridized carbons (Fsp3) is 0.167. The highest BCUT2D eigenvalue weighted by Crippen LogP contribution is 2.23. The van der Waals surface area contributed by atoms with Crippen LogP contribution in [0, 0.1) is 6.92 Å². The van der Waals surface area contributed by atoms with E-state index < -0.39 is 9.84 Å². The van der Waals surface area contributed by atoms with Crippen LogP contribution in [-0.4, -0.2) is 30.7 Å². The predicted molar refractivity (Wildman–Crippen MR) is 103 cm³/mol. The zero-order valence-electron chi connectivity index (χ0n) is 14.7. The minimum atomic E-state index is -3.33. The summed E-state index contributed by atoms with van der Waals surface area (Å²) in [5.74, 6) is 1.37. The smallest absolute Gasteiger partial charge is 0.255 e. The lowest BCUT2D eigenvalue weighted by atomic mass is 10.2. The summed E-state index contributed by atoms with van der Waals surface area (Å²) in [6, 6.07) is 13.2. The van der Waals surface area contributed by atoms with Gasteiger partial charge in [-0.1, -0.05) is 11.2 Å². The number of hydrogen-bond acceptors (Lipinski definition) is 7. The van der Waals surface area contributed by atoms with Crippen molar-refractivity contribution in [1.29, 1.82) is 0 Å². The molecule has 7 nitrogen and oxygen atoms in total. The average molecular weight is 403 g/mol. The Hall–Kier alpha value is -2.65. The molecule has 27 heavy (non-hydrogen) atoms. The van der Waals surface area contributed by atoms with Crippen molar-refractivity contribution in [3.05, 3.63) is 65.8 Å². The van der Waals surface area contributed by atoms with Crippen LogP contribution >= 0.6 is 11.8 Å². The number of hydrogen-bond donors (Lipinski definition) is 1. The number of anilines is 1. The number of aryl methyl sites for hydroxylation is 1. The quantitative estimate of drug-likeness (QED) is 0.630. The molecule has 0 fully saturated rings. The Morgan fingerprint density at radius 2 is 1.93 bits per heavy atom. The summed E-state index contributed by atoms with van der Waals surface area (Å²) in [6.07, 6.45) is 1.12. The molecule has 2 aromatic carbocycles. The summed E-state index contributed by atoms with van der Waals surface area (Å²) in [5.41, 5.74) is 0.894. The molecule has 3 aromatic rings. The fourth-order valence-electron chi connectivity index (χ4n) is 2.25. The first-order chi connectivity index (χ1) is 12.8. The first kappa shape index (κ1) is 19.1. The molecule has 0 saturated heterocycles. The van der Waals surface area contributed by atoms with Crippen LogP contribution < -0.4 is 5.32 Å². The second-order valence-corrected chi connectivity index (χ2v) is 8.87. The monoisotopic (exact) mass is 403 g/mol. The number of thioether (sulfide) groups is 1. The van der Waals surface area contributed by atoms with Gasteiger partial charge in [0, 0.05) is 22.4 Å². The second-order valence-electron chi connectivity index (χ2n) is 5.80. The number of nitrogens with zero attached hydrogens (tertiary/aromatic N) is 2. The summed E-state index contributed by atoms with van der Waals surface area (Å²) < 4.78 is 28.3. The van der Waals surface area contributed by atoms with Gasteiger partial charge in [-0.15, -0.1) is 11.8 Å². The third-order valence-electron chi connectivity index (χ3n) is 3.57. The highest BCUT2D eigenvalue weighted by Gasteiger charge is 2.11. The summed E-state index contributed by atoms with van der Waals surface area (Å²) in [4.78, 5) is 17.6. The molecule has 0 saturated carbocycles. The van der Waals surface area contributed by atoms with E-state index >= 15 is 0 Å². The van der Waals surface area contributed by atoms with Crippen molar-refractivity contribution in [2.24, 2.45) is 0 Å². The maximum absolute atomic E-state index is 12.4. The minimum Gasteiger partial charge on any atom is -0.338 e. The molecule has 0 aliphatic rings. The van der Waals surface area contributed by atoms with Crippen LogP contribution in [-0.2, 0) is 15.6 Å². The Morgan fingerprint density at radius 1 is 1.19 bits per heavy atom. The van der Waals surface area contributed by atoms with Crippen LogP contribution in [0.15, 0.2) is 62.8 Å². The van der Waals surface area contributed by atoms with Crippen LogP contribution in [0.1, 0.15) is 22.1 Å². The Labute approximate surface area is 161 Å². The van der Waals surface area contributed by atoms with Crippen molar-refractivity contribution in [3.8, 4) is 0 Å². The third-order valence-corrected chi connectivity index (χ3v) is 5.68. The lowest BCUT2D eigenvalue weighted by molar-refractivity contribution is 0.102. The lowest BCUT2D eigenvalue weighted by Crippen LogP contribution is -2.12. The van der Waals surface area contributed by atoms with Gasteiger partial charge in [-0.2, -0.15) is 4.98 Å². The van der Waals surface area contributed by atoms with E-state index in [0.717, 1.165) is 11.2 Å². The van der Waals surface area contributed by atoms with Crippen LogP contribution in [0.5, 0.6) is 0 Å². The molecular formula is C18H17N3O4S2. The molecule has 3 rings (SSSR count). The molecule has 0 aliphatic carbocycles. The number of benzene rings is 2. The molecular weight excluding hydrogens is 386 g/mol. The van der Waals surface area contributed by atoms with Gasteiger partial charge in [0.05, 0.1) is 10.6 Å². The number of aromatic nitrogens is 2. The van der Waals surface area contributed by atoms with Gasteiger partial charge < -0.3 is 9.84 Å². The molecule has 1 amide bonds. The lowest BCUT2D eigenvalue weighted by Gasteiger charge is -2.07. The molecule has 0 spiro atoms. The van der Waals surface area contributed by atoms with E-state index in [-0.39, 0.29) is 10.8 Å². The first-order valence-electron chi connectivity index (χ1n) is 7.95. The van der Waals surface area contributed by atoms with Gasteiger partial charge in [-0.05, 0) is 49.4 Å². The van der Waals surface area contributed by atoms with E-state index in [1.54, 1.807) is 31.2 Å². The van der Waals surface area contributed by atoms with Gasteiger partial charge >= 0.3 is 0 Å². The maximum atomic E-state index is 12.4. The van der Waals surface area contributed by atoms with E-state index in [0.29, 0.717) is 28.7 Å². The van der Waals surface area contributed by atoms with Crippen molar-refractivity contribution in [3.63, 3.8) is 0 Å². The average Bonchev–Trinajstić information content (AvgIpc) is 3.05. The molecule has 0 unspecified atom stereocenters. The number of sulfone groups is 1. The Morgan fingerprint density at radius 3 is 2.56 bits per heavy atom. The number of amides is 1. The minimum absolute atomic E-state index is 0.156. The van der Waals surface area contributed by atoms with Crippen molar-refractivity contribution in [1.82, 2.24) is 10.1 Å². The van der Waals surface area contributed by atoms with Crippen LogP contribution in [0.25, 0.3) is 0 Å². The molecule has 0 bridgehead atoms. The van der Waals surface area contributed by atoms with E-state index in [1.165, 1.54) is 23.9 Å². The predicted octanol–water partition coefficient (Wildman–Crippen LogP) is 3.33. The number of nitrogens with one attached hydrogen (secondary N) is 1. The van der Waals surface area contributed by atoms with Crippen molar-refractivity contribution in [2.75, 3.05) is 11.6 Å². The molecule has 140 valence electrons. The Bertz CT molecular complexity index is 1060. The van der Waals surface area contributed by atoms with Gasteiger partial charge in [0.15, 0.2) is 15.7 Å². The highest BCUT2D eigenvalue weighted by atomic mass is 32.2. The number of rotatable bonds is 6. The van der Waals surface area contributed by atoms with Crippen molar-refractivity contribution in [2.45, 2.75) is 22.5 Å². The molecule has 0 radical (unpaired) electrons. The van der Waals surface area contributed by atoms with Gasteiger partial charge in [0.1, 0.15) is 0 Å². The van der Waals surface area contributed by atoms with Crippen LogP contribution in [0.2, 0.25) is 0 Å². The van der Waals surface area contributed by atoms with E-state index in [9.17, 15) is 13.2 Å². The van der Waals surface area contributed by atoms with Crippen molar-refractivity contribution >= 4 is 33.2 Å². The Balaban J connectivity index is 1.64. The number of carbonyl (C=O) groups excluding carboxylic acids is 1. The Kier molecular flexibility index (Phi) is 5.62. The summed E-state index contributed by atoms with van der Waals surface area (Å²) in [6.45, 7) is 1.76. The normalized spacial score (nSPS) is 11.3. The van der Waals surface area contributed by atoms with Gasteiger partial charge in [-0.3, -0.25) is 4.79 Å². The molecule has 0 aliphatic heterocycles. The topological polar surface area (TPSA) is 102 Å². The van der Waals surface area contributed by atoms with E-state index in [2.05, 4.69) is 15.5 Å². The third kappa shape index (κ3) is 5.18. The van der Waals surface area contributed by atoms with Gasteiger partial charge in [0.25, 0.3) is 5.91 Å². The fourth-order valence-corrected chi connectivity index (χ4v) is 3.66. The largest absolute Gasteiger partial charge is 0.338 e. The van der Waals surface area contributed by atoms with Crippen LogP contribution in [0.4, 0.5) is 5.69 Å². The first-order valence-corrected chi connectivity index (χ1v) is 10.8. The summed E-state index contributed by atoms with van der Waals surface area (Å²) >= 11 is 1.52. The zero-order chi connectivity index (χ0) is 19.4. The maximum Gasteiger partial charge on any atom is 0.255 e. The molecule has 1 heterocycles. The molecule has 0 atom stereocenters. The second kappa shape index (κ2) is 7.93. The van der Waals surface area contributed by atoms with Gasteiger partial charge in [0.2, 0.25) is 5.89 Å². The number of carbonyl (C=O) groups is 1. The van der Waals surface area contributed by atoms with Crippen LogP contribution in [0.3, 0.4) is 0 Å². The molecule has 1 N–H and O–H groups in total. The van der Waals surface area contributed by atoms with E-state index in [1.807, 2.05) is 12.1 Å². The van der Waals surface area contributed by atoms with Gasteiger partial charge in [-0.25, -0.2) is 8.42 Å². The standard InChI is InChI=1S/C18H17N3O4S2/c1-12-19-17(25-21-12)11-26-15-8-6-13(7-9-15)18(22)20-14-4-3-5-16(10-14)27(2,23)24/h3-10H,11H2,1-2H3,(H,20,22). The van der Waals surface area contributed by atoms with Crippen molar-refractivity contribution < 1.29 is 17.7 Å². The molecule has 9 heteroatoms. The highest BCUT2D eigenvalue weighted by molar-refractivity contribution is 7.98. The summed E-state index contributed by atoms with van der Waals surface area (Å²) in [5, 5.41) is 6.44. The summed E-state index contributed by atoms with van der Waals surface area (Å²) in [7, 11) is -3.33. The zero-order valence-corrected chi connectivity index (χ0v) is 16.3. The molecule has 1 aromatic heterocycles. The SMILES string of the molecule is Cc1noc(CSc2ccc(C(=O)Nc3cccc(S(C)(=O)=O)c3)cc2)n1. The van der Waals surface area contributed by atoms with E-state index in [4.69, 9.17) is 4.52 Å².